The van der Waals surface area contributed by atoms with Crippen LogP contribution >= 0.6 is 15.9 Å². The summed E-state index contributed by atoms with van der Waals surface area (Å²) in [5.41, 5.74) is -0.181. The maximum absolute atomic E-state index is 11.1. The highest BCUT2D eigenvalue weighted by Gasteiger charge is 2.01. The molecule has 0 amide bonds. The van der Waals surface area contributed by atoms with Gasteiger partial charge in [-0.05, 0) is 22.9 Å². The van der Waals surface area contributed by atoms with E-state index in [2.05, 4.69) is 31.0 Å². The Balaban J connectivity index is 2.56. The highest BCUT2D eigenvalue weighted by atomic mass is 79.9. The van der Waals surface area contributed by atoms with Gasteiger partial charge in [0, 0.05) is 12.3 Å². The van der Waals surface area contributed by atoms with Gasteiger partial charge in [-0.3, -0.25) is 4.79 Å². The number of hydrogen-bond acceptors (Lipinski definition) is 3. The Morgan fingerprint density at radius 1 is 1.57 bits per heavy atom. The summed E-state index contributed by atoms with van der Waals surface area (Å²) in [6, 6.07) is 1.40. The van der Waals surface area contributed by atoms with Crippen LogP contribution in [0.1, 0.15) is 5.82 Å². The van der Waals surface area contributed by atoms with E-state index in [1.54, 1.807) is 19.3 Å². The van der Waals surface area contributed by atoms with Gasteiger partial charge in [-0.1, -0.05) is 0 Å². The molecule has 0 unspecified atom stereocenters. The minimum atomic E-state index is -0.181. The van der Waals surface area contributed by atoms with E-state index in [1.807, 2.05) is 0 Å². The summed E-state index contributed by atoms with van der Waals surface area (Å²) in [5.74, 6) is 1.08. The summed E-state index contributed by atoms with van der Waals surface area (Å²) in [7, 11) is 0. The Hall–Kier alpha value is -1.43. The summed E-state index contributed by atoms with van der Waals surface area (Å²) < 4.78 is 2.38. The molecule has 2 heterocycles. The lowest BCUT2D eigenvalue weighted by Crippen LogP contribution is -2.12. The second-order valence-electron chi connectivity index (χ2n) is 2.79. The normalized spacial score (nSPS) is 10.4. The third-order valence-electron chi connectivity index (χ3n) is 1.63. The number of aromatic nitrogens is 4. The molecule has 0 saturated heterocycles. The van der Waals surface area contributed by atoms with Gasteiger partial charge in [0.15, 0.2) is 5.82 Å². The maximum Gasteiger partial charge on any atom is 0.253 e. The molecule has 72 valence electrons. The van der Waals surface area contributed by atoms with Crippen molar-refractivity contribution in [1.29, 1.82) is 0 Å². The predicted octanol–water partition coefficient (Wildman–Crippen LogP) is 1.03. The van der Waals surface area contributed by atoms with Crippen molar-refractivity contribution >= 4 is 15.9 Å². The summed E-state index contributed by atoms with van der Waals surface area (Å²) in [4.78, 5) is 17.9. The summed E-state index contributed by atoms with van der Waals surface area (Å²) >= 11 is 3.27. The molecule has 1 N–H and O–H groups in total. The van der Waals surface area contributed by atoms with Gasteiger partial charge in [0.05, 0.1) is 10.7 Å². The first-order valence-corrected chi connectivity index (χ1v) is 4.73. The van der Waals surface area contributed by atoms with Crippen LogP contribution < -0.4 is 5.56 Å². The number of hydrogen-bond donors (Lipinski definition) is 1. The number of H-pyrrole nitrogens is 1. The molecule has 2 aromatic rings. The van der Waals surface area contributed by atoms with Crippen LogP contribution in [-0.2, 0) is 0 Å². The summed E-state index contributed by atoms with van der Waals surface area (Å²) in [6.45, 7) is 1.73. The first kappa shape index (κ1) is 9.14. The zero-order valence-electron chi connectivity index (χ0n) is 7.36. The van der Waals surface area contributed by atoms with Gasteiger partial charge in [-0.2, -0.15) is 5.10 Å². The third-order valence-corrected chi connectivity index (χ3v) is 2.04. The maximum atomic E-state index is 11.1. The predicted molar refractivity (Wildman–Crippen MR) is 54.4 cm³/mol. The van der Waals surface area contributed by atoms with Crippen molar-refractivity contribution in [2.24, 2.45) is 0 Å². The SMILES string of the molecule is Cc1nc(-n2cc(Br)cn2)cc(=O)[nH]1. The average Bonchev–Trinajstić information content (AvgIpc) is 2.50. The average molecular weight is 255 g/mol. The lowest BCUT2D eigenvalue weighted by atomic mass is 10.5. The molecule has 5 nitrogen and oxygen atoms in total. The fourth-order valence-corrected chi connectivity index (χ4v) is 1.39. The highest BCUT2D eigenvalue weighted by Crippen LogP contribution is 2.09. The molecule has 14 heavy (non-hydrogen) atoms. The van der Waals surface area contributed by atoms with Crippen LogP contribution in [0.4, 0.5) is 0 Å². The monoisotopic (exact) mass is 254 g/mol. The molecule has 0 spiro atoms. The Morgan fingerprint density at radius 2 is 2.36 bits per heavy atom. The van der Waals surface area contributed by atoms with Gasteiger partial charge >= 0.3 is 0 Å². The summed E-state index contributed by atoms with van der Waals surface area (Å²) in [5, 5.41) is 4.02. The number of aryl methyl sites for hydroxylation is 1. The Morgan fingerprint density at radius 3 is 2.93 bits per heavy atom. The fourth-order valence-electron chi connectivity index (χ4n) is 1.11. The minimum Gasteiger partial charge on any atom is -0.311 e. The molecule has 0 atom stereocenters. The smallest absolute Gasteiger partial charge is 0.253 e. The van der Waals surface area contributed by atoms with Crippen LogP contribution in [0.2, 0.25) is 0 Å². The largest absolute Gasteiger partial charge is 0.311 e. The van der Waals surface area contributed by atoms with E-state index in [-0.39, 0.29) is 5.56 Å². The van der Waals surface area contributed by atoms with Crippen molar-refractivity contribution in [1.82, 2.24) is 19.7 Å². The van der Waals surface area contributed by atoms with E-state index in [1.165, 1.54) is 10.7 Å². The van der Waals surface area contributed by atoms with Crippen LogP contribution in [-0.4, -0.2) is 19.7 Å². The van der Waals surface area contributed by atoms with Crippen LogP contribution in [0.3, 0.4) is 0 Å². The lowest BCUT2D eigenvalue weighted by molar-refractivity contribution is 0.822. The zero-order valence-corrected chi connectivity index (χ0v) is 8.95. The van der Waals surface area contributed by atoms with Gasteiger partial charge in [0.25, 0.3) is 5.56 Å². The molecule has 6 heteroatoms. The Labute approximate surface area is 87.9 Å². The van der Waals surface area contributed by atoms with Crippen molar-refractivity contribution < 1.29 is 0 Å². The molecule has 0 aliphatic carbocycles. The van der Waals surface area contributed by atoms with Gasteiger partial charge in [0.2, 0.25) is 0 Å². The van der Waals surface area contributed by atoms with E-state index in [0.29, 0.717) is 11.6 Å². The molecule has 0 fully saturated rings. The topological polar surface area (TPSA) is 63.6 Å². The number of halogens is 1. The lowest BCUT2D eigenvalue weighted by Gasteiger charge is -1.99. The molecule has 0 aliphatic heterocycles. The van der Waals surface area contributed by atoms with Crippen LogP contribution in [0, 0.1) is 6.92 Å². The van der Waals surface area contributed by atoms with Crippen molar-refractivity contribution in [2.45, 2.75) is 6.92 Å². The van der Waals surface area contributed by atoms with E-state index >= 15 is 0 Å². The van der Waals surface area contributed by atoms with Crippen LogP contribution in [0.25, 0.3) is 5.82 Å². The quantitative estimate of drug-likeness (QED) is 0.827. The van der Waals surface area contributed by atoms with E-state index in [4.69, 9.17) is 0 Å². The standard InChI is InChI=1S/C8H7BrN4O/c1-5-11-7(2-8(14)12-5)13-4-6(9)3-10-13/h2-4H,1H3,(H,11,12,14). The molecule has 2 rings (SSSR count). The van der Waals surface area contributed by atoms with Crippen molar-refractivity contribution in [3.05, 3.63) is 39.1 Å². The molecule has 2 aromatic heterocycles. The van der Waals surface area contributed by atoms with Crippen molar-refractivity contribution in [3.63, 3.8) is 0 Å². The molecule has 0 aromatic carbocycles. The molecular formula is C8H7BrN4O. The zero-order chi connectivity index (χ0) is 10.1. The van der Waals surface area contributed by atoms with E-state index < -0.39 is 0 Å². The van der Waals surface area contributed by atoms with Crippen molar-refractivity contribution in [3.8, 4) is 5.82 Å². The Kier molecular flexibility index (Phi) is 2.20. The van der Waals surface area contributed by atoms with Gasteiger partial charge in [0.1, 0.15) is 5.82 Å². The Bertz CT molecular complexity index is 516. The number of nitrogens with zero attached hydrogens (tertiary/aromatic N) is 3. The van der Waals surface area contributed by atoms with Gasteiger partial charge < -0.3 is 4.98 Å². The fraction of sp³-hybridized carbons (Fsp3) is 0.125. The highest BCUT2D eigenvalue weighted by molar-refractivity contribution is 9.10. The van der Waals surface area contributed by atoms with Gasteiger partial charge in [-0.15, -0.1) is 0 Å². The second kappa shape index (κ2) is 3.38. The minimum absolute atomic E-state index is 0.181. The van der Waals surface area contributed by atoms with E-state index in [0.717, 1.165) is 4.47 Å². The number of nitrogens with one attached hydrogen (secondary N) is 1. The van der Waals surface area contributed by atoms with Crippen molar-refractivity contribution in [2.75, 3.05) is 0 Å². The molecule has 0 aliphatic rings. The first-order chi connectivity index (χ1) is 6.65. The molecule has 0 bridgehead atoms. The summed E-state index contributed by atoms with van der Waals surface area (Å²) in [6.07, 6.45) is 3.37. The van der Waals surface area contributed by atoms with Crippen LogP contribution in [0.5, 0.6) is 0 Å². The molecular weight excluding hydrogens is 248 g/mol. The van der Waals surface area contributed by atoms with E-state index in [9.17, 15) is 4.79 Å². The first-order valence-electron chi connectivity index (χ1n) is 3.94. The third kappa shape index (κ3) is 1.74. The molecule has 0 radical (unpaired) electrons. The number of aromatic amines is 1. The molecule has 0 saturated carbocycles. The van der Waals surface area contributed by atoms with Gasteiger partial charge in [-0.25, -0.2) is 9.67 Å². The van der Waals surface area contributed by atoms with Crippen LogP contribution in [0.15, 0.2) is 27.7 Å². The second-order valence-corrected chi connectivity index (χ2v) is 3.71. The number of rotatable bonds is 1.